The Balaban J connectivity index is 3.95. The van der Waals surface area contributed by atoms with Crippen molar-refractivity contribution in [2.75, 3.05) is 53.1 Å². The Hall–Kier alpha value is -1.37. The summed E-state index contributed by atoms with van der Waals surface area (Å²) >= 11 is 0. The lowest BCUT2D eigenvalue weighted by Crippen LogP contribution is -2.37. The Labute approximate surface area is 318 Å². The standard InChI is InChI=1S/C45H88N2O4/c1-5-8-10-12-14-16-18-20-22-24-26-28-30-32-34-36-40-49-42-44(51-45(48)46-38-39-47(4)7-3)43-50-41-37-35-33-31-29-27-25-23-21-19-17-15-13-11-9-6-2/h20-23,44H,5-19,24-43H2,1-4H3,(H,46,48)/b22-20-,23-21-. The Morgan fingerprint density at radius 3 is 1.25 bits per heavy atom. The summed E-state index contributed by atoms with van der Waals surface area (Å²) in [5.74, 6) is 0. The molecule has 0 heterocycles. The Kier molecular flexibility index (Phi) is 41.9. The molecule has 0 bridgehead atoms. The lowest BCUT2D eigenvalue weighted by Gasteiger charge is -2.19. The summed E-state index contributed by atoms with van der Waals surface area (Å²) in [6.07, 6.45) is 45.2. The minimum absolute atomic E-state index is 0.378. The maximum Gasteiger partial charge on any atom is 0.407 e. The quantitative estimate of drug-likeness (QED) is 0.0503. The first kappa shape index (κ1) is 49.6. The zero-order valence-electron chi connectivity index (χ0n) is 34.7. The molecule has 0 aromatic rings. The fraction of sp³-hybridized carbons (Fsp3) is 0.889. The largest absolute Gasteiger partial charge is 0.441 e. The molecular formula is C45H88N2O4. The Morgan fingerprint density at radius 1 is 0.529 bits per heavy atom. The van der Waals surface area contributed by atoms with E-state index in [1.54, 1.807) is 0 Å². The van der Waals surface area contributed by atoms with Gasteiger partial charge in [-0.1, -0.05) is 161 Å². The van der Waals surface area contributed by atoms with Crippen molar-refractivity contribution in [1.82, 2.24) is 10.2 Å². The van der Waals surface area contributed by atoms with E-state index in [0.29, 0.717) is 33.0 Å². The van der Waals surface area contributed by atoms with Crippen molar-refractivity contribution < 1.29 is 19.0 Å². The molecular weight excluding hydrogens is 633 g/mol. The molecule has 0 fully saturated rings. The average Bonchev–Trinajstić information content (AvgIpc) is 3.13. The number of allylic oxidation sites excluding steroid dienone is 4. The molecule has 0 spiro atoms. The highest BCUT2D eigenvalue weighted by Crippen LogP contribution is 2.12. The number of ether oxygens (including phenoxy) is 3. The van der Waals surface area contributed by atoms with Crippen LogP contribution in [-0.2, 0) is 14.2 Å². The number of hydrogen-bond donors (Lipinski definition) is 1. The van der Waals surface area contributed by atoms with Gasteiger partial charge in [-0.25, -0.2) is 4.79 Å². The van der Waals surface area contributed by atoms with Crippen molar-refractivity contribution in [3.63, 3.8) is 0 Å². The number of amides is 1. The van der Waals surface area contributed by atoms with E-state index in [-0.39, 0.29) is 12.2 Å². The third kappa shape index (κ3) is 41.2. The molecule has 6 nitrogen and oxygen atoms in total. The highest BCUT2D eigenvalue weighted by atomic mass is 16.6. The van der Waals surface area contributed by atoms with E-state index < -0.39 is 0 Å². The number of rotatable bonds is 41. The number of nitrogens with one attached hydrogen (secondary N) is 1. The molecule has 302 valence electrons. The molecule has 0 aliphatic carbocycles. The molecule has 1 N–H and O–H groups in total. The van der Waals surface area contributed by atoms with Gasteiger partial charge >= 0.3 is 6.09 Å². The van der Waals surface area contributed by atoms with E-state index in [0.717, 1.165) is 25.9 Å². The number of alkyl carbamates (subject to hydrolysis) is 1. The van der Waals surface area contributed by atoms with Gasteiger partial charge in [-0.05, 0) is 77.8 Å². The van der Waals surface area contributed by atoms with Crippen LogP contribution in [0.2, 0.25) is 0 Å². The van der Waals surface area contributed by atoms with Gasteiger partial charge in [-0.15, -0.1) is 0 Å². The maximum absolute atomic E-state index is 12.4. The minimum Gasteiger partial charge on any atom is -0.441 e. The first-order valence-electron chi connectivity index (χ1n) is 22.2. The first-order chi connectivity index (χ1) is 25.1. The number of nitrogens with zero attached hydrogens (tertiary/aromatic N) is 1. The lowest BCUT2D eigenvalue weighted by molar-refractivity contribution is -0.0292. The van der Waals surface area contributed by atoms with Crippen LogP contribution in [0.25, 0.3) is 0 Å². The number of likely N-dealkylation sites (N-methyl/N-ethyl adjacent to an activating group) is 1. The summed E-state index contributed by atoms with van der Waals surface area (Å²) in [6, 6.07) is 0. The number of carbonyl (C=O) groups is 1. The zero-order valence-corrected chi connectivity index (χ0v) is 34.7. The summed E-state index contributed by atoms with van der Waals surface area (Å²) in [5.41, 5.74) is 0. The third-order valence-electron chi connectivity index (χ3n) is 9.78. The Bertz CT molecular complexity index is 698. The number of hydrogen-bond acceptors (Lipinski definition) is 5. The van der Waals surface area contributed by atoms with Crippen LogP contribution in [0.5, 0.6) is 0 Å². The second kappa shape index (κ2) is 43.0. The van der Waals surface area contributed by atoms with Crippen molar-refractivity contribution in [3.05, 3.63) is 24.3 Å². The van der Waals surface area contributed by atoms with E-state index in [2.05, 4.69) is 55.3 Å². The van der Waals surface area contributed by atoms with Crippen LogP contribution < -0.4 is 5.32 Å². The highest BCUT2D eigenvalue weighted by molar-refractivity contribution is 5.67. The van der Waals surface area contributed by atoms with Crippen molar-refractivity contribution in [1.29, 1.82) is 0 Å². The number of unbranched alkanes of at least 4 members (excludes halogenated alkanes) is 24. The molecule has 0 aromatic heterocycles. The van der Waals surface area contributed by atoms with Gasteiger partial charge in [-0.3, -0.25) is 0 Å². The van der Waals surface area contributed by atoms with Crippen molar-refractivity contribution in [2.45, 2.75) is 207 Å². The zero-order chi connectivity index (χ0) is 37.1. The molecule has 0 atom stereocenters. The van der Waals surface area contributed by atoms with Crippen LogP contribution in [0.4, 0.5) is 4.79 Å². The Morgan fingerprint density at radius 2 is 0.882 bits per heavy atom. The fourth-order valence-electron chi connectivity index (χ4n) is 6.15. The molecule has 51 heavy (non-hydrogen) atoms. The van der Waals surface area contributed by atoms with Gasteiger partial charge in [0.2, 0.25) is 0 Å². The van der Waals surface area contributed by atoms with Gasteiger partial charge in [0, 0.05) is 26.3 Å². The molecule has 0 rings (SSSR count). The smallest absolute Gasteiger partial charge is 0.407 e. The third-order valence-corrected chi connectivity index (χ3v) is 9.78. The van der Waals surface area contributed by atoms with Crippen LogP contribution in [-0.4, -0.2) is 70.2 Å². The number of carbonyl (C=O) groups excluding carboxylic acids is 1. The summed E-state index contributed by atoms with van der Waals surface area (Å²) in [4.78, 5) is 14.6. The second-order valence-corrected chi connectivity index (χ2v) is 14.9. The van der Waals surface area contributed by atoms with Gasteiger partial charge in [-0.2, -0.15) is 0 Å². The highest BCUT2D eigenvalue weighted by Gasteiger charge is 2.15. The van der Waals surface area contributed by atoms with E-state index in [1.807, 2.05) is 7.05 Å². The van der Waals surface area contributed by atoms with Crippen LogP contribution in [0.3, 0.4) is 0 Å². The van der Waals surface area contributed by atoms with E-state index in [1.165, 1.54) is 167 Å². The lowest BCUT2D eigenvalue weighted by atomic mass is 10.1. The molecule has 0 aliphatic heterocycles. The van der Waals surface area contributed by atoms with Crippen molar-refractivity contribution in [3.8, 4) is 0 Å². The molecule has 0 aromatic carbocycles. The topological polar surface area (TPSA) is 60.0 Å². The summed E-state index contributed by atoms with van der Waals surface area (Å²) in [5, 5.41) is 2.88. The summed E-state index contributed by atoms with van der Waals surface area (Å²) in [6.45, 7) is 11.2. The van der Waals surface area contributed by atoms with Gasteiger partial charge in [0.05, 0.1) is 13.2 Å². The molecule has 0 saturated carbocycles. The first-order valence-corrected chi connectivity index (χ1v) is 22.2. The fourth-order valence-corrected chi connectivity index (χ4v) is 6.15. The van der Waals surface area contributed by atoms with Gasteiger partial charge in [0.1, 0.15) is 0 Å². The van der Waals surface area contributed by atoms with Crippen molar-refractivity contribution in [2.24, 2.45) is 0 Å². The van der Waals surface area contributed by atoms with Gasteiger partial charge in [0.15, 0.2) is 6.10 Å². The SMILES string of the molecule is CCCCCCCC/C=C\CCCCCCCCOCC(COCCCCCCCC/C=C\CCCCCCCC)OC(=O)NCCN(C)CC. The maximum atomic E-state index is 12.4. The van der Waals surface area contributed by atoms with Crippen LogP contribution >= 0.6 is 0 Å². The van der Waals surface area contributed by atoms with E-state index in [9.17, 15) is 4.79 Å². The normalized spacial score (nSPS) is 12.0. The van der Waals surface area contributed by atoms with E-state index >= 15 is 0 Å². The minimum atomic E-state index is -0.383. The molecule has 0 aliphatic rings. The predicted molar refractivity (Wildman–Crippen MR) is 222 cm³/mol. The predicted octanol–water partition coefficient (Wildman–Crippen LogP) is 13.1. The molecule has 0 saturated heterocycles. The molecule has 1 amide bonds. The van der Waals surface area contributed by atoms with E-state index in [4.69, 9.17) is 14.2 Å². The summed E-state index contributed by atoms with van der Waals surface area (Å²) < 4.78 is 17.6. The second-order valence-electron chi connectivity index (χ2n) is 14.9. The van der Waals surface area contributed by atoms with Gasteiger partial charge in [0.25, 0.3) is 0 Å². The van der Waals surface area contributed by atoms with Crippen LogP contribution in [0.1, 0.15) is 201 Å². The summed E-state index contributed by atoms with van der Waals surface area (Å²) in [7, 11) is 2.05. The average molecular weight is 721 g/mol. The molecule has 0 radical (unpaired) electrons. The monoisotopic (exact) mass is 721 g/mol. The molecule has 0 unspecified atom stereocenters. The van der Waals surface area contributed by atoms with Gasteiger partial charge < -0.3 is 24.4 Å². The van der Waals surface area contributed by atoms with Crippen molar-refractivity contribution >= 4 is 6.09 Å². The molecule has 6 heteroatoms. The van der Waals surface area contributed by atoms with Crippen LogP contribution in [0.15, 0.2) is 24.3 Å². The van der Waals surface area contributed by atoms with Crippen LogP contribution in [0, 0.1) is 0 Å².